The monoisotopic (exact) mass is 283 g/mol. The van der Waals surface area contributed by atoms with Gasteiger partial charge in [0.2, 0.25) is 0 Å². The first-order chi connectivity index (χ1) is 8.66. The van der Waals surface area contributed by atoms with Crippen molar-refractivity contribution in [2.24, 2.45) is 0 Å². The van der Waals surface area contributed by atoms with Crippen molar-refractivity contribution < 1.29 is 0 Å². The van der Waals surface area contributed by atoms with Gasteiger partial charge in [-0.25, -0.2) is 0 Å². The van der Waals surface area contributed by atoms with Gasteiger partial charge in [-0.15, -0.1) is 12.4 Å². The predicted molar refractivity (Wildman–Crippen MR) is 78.6 cm³/mol. The van der Waals surface area contributed by atoms with Crippen LogP contribution in [0, 0.1) is 20.8 Å². The molecule has 2 heterocycles. The first kappa shape index (κ1) is 15.7. The predicted octanol–water partition coefficient (Wildman–Crippen LogP) is 2.13. The topological polar surface area (TPSA) is 58.5 Å². The van der Waals surface area contributed by atoms with Crippen LogP contribution >= 0.6 is 12.4 Å². The summed E-state index contributed by atoms with van der Waals surface area (Å²) in [6.45, 7) is 9.01. The van der Waals surface area contributed by atoms with Gasteiger partial charge in [0.05, 0.1) is 11.9 Å². The van der Waals surface area contributed by atoms with E-state index in [-0.39, 0.29) is 12.4 Å². The van der Waals surface area contributed by atoms with Crippen molar-refractivity contribution >= 4 is 12.4 Å². The highest BCUT2D eigenvalue weighted by molar-refractivity contribution is 5.85. The first-order valence-electron chi connectivity index (χ1n) is 6.37. The van der Waals surface area contributed by atoms with Gasteiger partial charge < -0.3 is 5.32 Å². The number of halogens is 1. The van der Waals surface area contributed by atoms with E-state index < -0.39 is 0 Å². The number of hydrogen-bond acceptors (Lipinski definition) is 3. The SMILES string of the molecule is Cc1cc(C)n(CCCNCc2cn[nH]c2C)n1.Cl. The molecule has 0 aliphatic rings. The molecule has 0 fully saturated rings. The molecule has 2 aromatic rings. The normalized spacial score (nSPS) is 10.5. The minimum atomic E-state index is 0. The molecule has 0 aromatic carbocycles. The largest absolute Gasteiger partial charge is 0.312 e. The zero-order valence-electron chi connectivity index (χ0n) is 11.7. The summed E-state index contributed by atoms with van der Waals surface area (Å²) in [5.41, 5.74) is 4.70. The summed E-state index contributed by atoms with van der Waals surface area (Å²) in [6, 6.07) is 2.11. The molecule has 0 unspecified atom stereocenters. The molecule has 0 bridgehead atoms. The molecule has 2 rings (SSSR count). The minimum absolute atomic E-state index is 0. The van der Waals surface area contributed by atoms with E-state index in [1.54, 1.807) is 0 Å². The summed E-state index contributed by atoms with van der Waals surface area (Å²) < 4.78 is 2.07. The molecule has 0 atom stereocenters. The Hall–Kier alpha value is -1.33. The second-order valence-electron chi connectivity index (χ2n) is 4.70. The van der Waals surface area contributed by atoms with Gasteiger partial charge in [0.15, 0.2) is 0 Å². The Labute approximate surface area is 120 Å². The van der Waals surface area contributed by atoms with Crippen LogP contribution < -0.4 is 5.32 Å². The smallest absolute Gasteiger partial charge is 0.0596 e. The second kappa shape index (κ2) is 7.31. The maximum absolute atomic E-state index is 4.45. The minimum Gasteiger partial charge on any atom is -0.312 e. The zero-order chi connectivity index (χ0) is 13.0. The Morgan fingerprint density at radius 3 is 2.68 bits per heavy atom. The summed E-state index contributed by atoms with van der Waals surface area (Å²) in [4.78, 5) is 0. The van der Waals surface area contributed by atoms with Crippen LogP contribution in [-0.4, -0.2) is 26.5 Å². The fraction of sp³-hybridized carbons (Fsp3) is 0.538. The highest BCUT2D eigenvalue weighted by atomic mass is 35.5. The third-order valence-electron chi connectivity index (χ3n) is 3.08. The molecular formula is C13H22ClN5. The average Bonchev–Trinajstić information content (AvgIpc) is 2.86. The van der Waals surface area contributed by atoms with Gasteiger partial charge in [0.25, 0.3) is 0 Å². The van der Waals surface area contributed by atoms with Gasteiger partial charge in [-0.3, -0.25) is 9.78 Å². The maximum Gasteiger partial charge on any atom is 0.0596 e. The molecule has 0 aliphatic heterocycles. The Morgan fingerprint density at radius 2 is 2.11 bits per heavy atom. The molecule has 5 nitrogen and oxygen atoms in total. The molecule has 0 saturated carbocycles. The van der Waals surface area contributed by atoms with Crippen LogP contribution in [-0.2, 0) is 13.1 Å². The maximum atomic E-state index is 4.45. The molecule has 0 aliphatic carbocycles. The molecular weight excluding hydrogens is 262 g/mol. The lowest BCUT2D eigenvalue weighted by Crippen LogP contribution is -2.17. The van der Waals surface area contributed by atoms with Crippen molar-refractivity contribution in [1.82, 2.24) is 25.3 Å². The van der Waals surface area contributed by atoms with E-state index in [1.807, 2.05) is 20.0 Å². The van der Waals surface area contributed by atoms with Crippen molar-refractivity contribution in [3.05, 3.63) is 34.9 Å². The van der Waals surface area contributed by atoms with E-state index in [9.17, 15) is 0 Å². The van der Waals surface area contributed by atoms with Crippen molar-refractivity contribution in [3.63, 3.8) is 0 Å². The van der Waals surface area contributed by atoms with Crippen molar-refractivity contribution in [1.29, 1.82) is 0 Å². The lowest BCUT2D eigenvalue weighted by molar-refractivity contribution is 0.532. The van der Waals surface area contributed by atoms with Crippen LogP contribution in [0.15, 0.2) is 12.3 Å². The highest BCUT2D eigenvalue weighted by Gasteiger charge is 2.01. The number of H-pyrrole nitrogens is 1. The van der Waals surface area contributed by atoms with Crippen LogP contribution in [0.3, 0.4) is 0 Å². The van der Waals surface area contributed by atoms with E-state index in [2.05, 4.69) is 38.3 Å². The number of aryl methyl sites for hydroxylation is 4. The van der Waals surface area contributed by atoms with Crippen LogP contribution in [0.1, 0.15) is 29.1 Å². The first-order valence-corrected chi connectivity index (χ1v) is 6.37. The van der Waals surface area contributed by atoms with Crippen LogP contribution in [0.2, 0.25) is 0 Å². The number of nitrogens with one attached hydrogen (secondary N) is 2. The summed E-state index contributed by atoms with van der Waals surface area (Å²) in [5.74, 6) is 0. The molecule has 0 saturated heterocycles. The third kappa shape index (κ3) is 4.36. The van der Waals surface area contributed by atoms with E-state index in [4.69, 9.17) is 0 Å². The highest BCUT2D eigenvalue weighted by Crippen LogP contribution is 2.03. The number of rotatable bonds is 6. The van der Waals surface area contributed by atoms with E-state index in [0.29, 0.717) is 0 Å². The number of hydrogen-bond donors (Lipinski definition) is 2. The second-order valence-corrected chi connectivity index (χ2v) is 4.70. The third-order valence-corrected chi connectivity index (χ3v) is 3.08. The summed E-state index contributed by atoms with van der Waals surface area (Å²) >= 11 is 0. The van der Waals surface area contributed by atoms with Gasteiger partial charge in [-0.1, -0.05) is 0 Å². The van der Waals surface area contributed by atoms with Gasteiger partial charge in [-0.05, 0) is 39.8 Å². The number of aromatic nitrogens is 4. The van der Waals surface area contributed by atoms with Gasteiger partial charge in [0, 0.05) is 30.0 Å². The molecule has 6 heteroatoms. The van der Waals surface area contributed by atoms with Gasteiger partial charge >= 0.3 is 0 Å². The summed E-state index contributed by atoms with van der Waals surface area (Å²) in [6.07, 6.45) is 2.96. The molecule has 0 spiro atoms. The fourth-order valence-corrected chi connectivity index (χ4v) is 2.03. The Balaban J connectivity index is 0.00000180. The standard InChI is InChI=1S/C13H21N5.ClH/c1-10-7-11(2)18(17-10)6-4-5-14-8-13-9-15-16-12(13)3;/h7,9,14H,4-6,8H2,1-3H3,(H,15,16);1H. The molecule has 0 radical (unpaired) electrons. The van der Waals surface area contributed by atoms with Crippen molar-refractivity contribution in [2.75, 3.05) is 6.54 Å². The summed E-state index contributed by atoms with van der Waals surface area (Å²) in [7, 11) is 0. The lowest BCUT2D eigenvalue weighted by Gasteiger charge is -2.06. The van der Waals surface area contributed by atoms with Crippen molar-refractivity contribution in [3.8, 4) is 0 Å². The number of aromatic amines is 1. The summed E-state index contributed by atoms with van der Waals surface area (Å²) in [5, 5.41) is 14.8. The van der Waals surface area contributed by atoms with Gasteiger partial charge in [-0.2, -0.15) is 10.2 Å². The van der Waals surface area contributed by atoms with E-state index in [0.717, 1.165) is 37.4 Å². The molecule has 106 valence electrons. The quantitative estimate of drug-likeness (QED) is 0.799. The molecule has 2 N–H and O–H groups in total. The van der Waals surface area contributed by atoms with Gasteiger partial charge in [0.1, 0.15) is 0 Å². The lowest BCUT2D eigenvalue weighted by atomic mass is 10.2. The molecule has 2 aromatic heterocycles. The Morgan fingerprint density at radius 1 is 1.32 bits per heavy atom. The average molecular weight is 284 g/mol. The van der Waals surface area contributed by atoms with E-state index >= 15 is 0 Å². The molecule has 19 heavy (non-hydrogen) atoms. The Bertz CT molecular complexity index is 503. The van der Waals surface area contributed by atoms with Crippen molar-refractivity contribution in [2.45, 2.75) is 40.3 Å². The van der Waals surface area contributed by atoms with Crippen LogP contribution in [0.5, 0.6) is 0 Å². The zero-order valence-corrected chi connectivity index (χ0v) is 12.5. The van der Waals surface area contributed by atoms with E-state index in [1.165, 1.54) is 11.3 Å². The fourth-order valence-electron chi connectivity index (χ4n) is 2.03. The number of nitrogens with zero attached hydrogens (tertiary/aromatic N) is 3. The Kier molecular flexibility index (Phi) is 6.05. The van der Waals surface area contributed by atoms with Crippen LogP contribution in [0.25, 0.3) is 0 Å². The molecule has 0 amide bonds. The van der Waals surface area contributed by atoms with Crippen LogP contribution in [0.4, 0.5) is 0 Å².